The number of benzene rings is 1. The Hall–Kier alpha value is -0.610. The highest BCUT2D eigenvalue weighted by Crippen LogP contribution is 2.23. The fourth-order valence-corrected chi connectivity index (χ4v) is 1.84. The highest BCUT2D eigenvalue weighted by atomic mass is 79.9. The molecule has 2 nitrogen and oxygen atoms in total. The van der Waals surface area contributed by atoms with Gasteiger partial charge in [-0.2, -0.15) is 0 Å². The van der Waals surface area contributed by atoms with Crippen molar-refractivity contribution in [2.75, 3.05) is 13.2 Å². The maximum absolute atomic E-state index is 13.0. The van der Waals surface area contributed by atoms with Gasteiger partial charge < -0.3 is 9.47 Å². The summed E-state index contributed by atoms with van der Waals surface area (Å²) < 4.78 is 24.3. The first kappa shape index (κ1) is 9.93. The van der Waals surface area contributed by atoms with Crippen molar-refractivity contribution in [2.24, 2.45) is 0 Å². The van der Waals surface area contributed by atoms with Gasteiger partial charge in [0.2, 0.25) is 0 Å². The zero-order valence-corrected chi connectivity index (χ0v) is 9.09. The average Bonchev–Trinajstić information content (AvgIpc) is 2.54. The minimum absolute atomic E-state index is 0.0590. The van der Waals surface area contributed by atoms with E-state index in [0.29, 0.717) is 16.8 Å². The van der Waals surface area contributed by atoms with Crippen LogP contribution in [0.25, 0.3) is 0 Å². The van der Waals surface area contributed by atoms with E-state index in [1.807, 2.05) is 0 Å². The van der Waals surface area contributed by atoms with Crippen LogP contribution in [0.15, 0.2) is 22.7 Å². The van der Waals surface area contributed by atoms with Crippen LogP contribution in [0.1, 0.15) is 6.42 Å². The zero-order chi connectivity index (χ0) is 9.97. The molecule has 76 valence electrons. The quantitative estimate of drug-likeness (QED) is 0.814. The van der Waals surface area contributed by atoms with Crippen LogP contribution in [0.2, 0.25) is 0 Å². The lowest BCUT2D eigenvalue weighted by Gasteiger charge is -2.11. The Bertz CT molecular complexity index is 304. The monoisotopic (exact) mass is 260 g/mol. The van der Waals surface area contributed by atoms with Gasteiger partial charge in [0, 0.05) is 17.0 Å². The molecular formula is C10H10BrFO2. The fraction of sp³-hybridized carbons (Fsp3) is 0.400. The van der Waals surface area contributed by atoms with E-state index in [4.69, 9.17) is 9.47 Å². The molecule has 1 atom stereocenters. The Morgan fingerprint density at radius 1 is 1.43 bits per heavy atom. The second-order valence-electron chi connectivity index (χ2n) is 3.21. The topological polar surface area (TPSA) is 18.5 Å². The molecular weight excluding hydrogens is 251 g/mol. The number of rotatable bonds is 2. The van der Waals surface area contributed by atoms with E-state index in [1.165, 1.54) is 12.1 Å². The highest BCUT2D eigenvalue weighted by molar-refractivity contribution is 9.10. The molecule has 1 unspecified atom stereocenters. The van der Waals surface area contributed by atoms with Gasteiger partial charge in [0.25, 0.3) is 0 Å². The van der Waals surface area contributed by atoms with Crippen molar-refractivity contribution in [3.8, 4) is 5.75 Å². The predicted molar refractivity (Wildman–Crippen MR) is 54.0 cm³/mol. The summed E-state index contributed by atoms with van der Waals surface area (Å²) in [5.74, 6) is 0.251. The van der Waals surface area contributed by atoms with Crippen LogP contribution in [0.3, 0.4) is 0 Å². The lowest BCUT2D eigenvalue weighted by atomic mass is 10.3. The van der Waals surface area contributed by atoms with E-state index in [2.05, 4.69) is 15.9 Å². The summed E-state index contributed by atoms with van der Waals surface area (Å²) in [5.41, 5.74) is 0. The van der Waals surface area contributed by atoms with Gasteiger partial charge in [0.15, 0.2) is 0 Å². The molecule has 1 aliphatic heterocycles. The maximum Gasteiger partial charge on any atom is 0.128 e. The molecule has 0 amide bonds. The highest BCUT2D eigenvalue weighted by Gasteiger charge is 2.17. The molecule has 14 heavy (non-hydrogen) atoms. The molecule has 4 heteroatoms. The number of halogens is 2. The molecule has 1 saturated heterocycles. The lowest BCUT2D eigenvalue weighted by Crippen LogP contribution is -2.15. The van der Waals surface area contributed by atoms with Crippen molar-refractivity contribution in [1.29, 1.82) is 0 Å². The summed E-state index contributed by atoms with van der Waals surface area (Å²) in [6.07, 6.45) is 0.928. The standard InChI is InChI=1S/C10H10BrFO2/c11-7-3-8(12)5-10(4-7)14-9-1-2-13-6-9/h3-5,9H,1-2,6H2. The summed E-state index contributed by atoms with van der Waals surface area (Å²) >= 11 is 3.21. The first-order chi connectivity index (χ1) is 6.74. The first-order valence-electron chi connectivity index (χ1n) is 4.44. The molecule has 0 N–H and O–H groups in total. The van der Waals surface area contributed by atoms with Crippen molar-refractivity contribution in [3.05, 3.63) is 28.5 Å². The zero-order valence-electron chi connectivity index (χ0n) is 7.50. The van der Waals surface area contributed by atoms with E-state index < -0.39 is 0 Å². The Morgan fingerprint density at radius 3 is 2.93 bits per heavy atom. The van der Waals surface area contributed by atoms with Crippen LogP contribution >= 0.6 is 15.9 Å². The molecule has 0 saturated carbocycles. The molecule has 1 aliphatic rings. The van der Waals surface area contributed by atoms with Crippen LogP contribution in [0.4, 0.5) is 4.39 Å². The minimum atomic E-state index is -0.298. The third kappa shape index (κ3) is 2.45. The third-order valence-electron chi connectivity index (χ3n) is 2.03. The summed E-state index contributed by atoms with van der Waals surface area (Å²) in [5, 5.41) is 0. The van der Waals surface area contributed by atoms with Crippen molar-refractivity contribution in [3.63, 3.8) is 0 Å². The normalized spacial score (nSPS) is 21.1. The Labute approximate surface area is 90.1 Å². The SMILES string of the molecule is Fc1cc(Br)cc(OC2CCOC2)c1. The Balaban J connectivity index is 2.07. The van der Waals surface area contributed by atoms with Crippen LogP contribution in [0.5, 0.6) is 5.75 Å². The van der Waals surface area contributed by atoms with E-state index in [1.54, 1.807) is 6.07 Å². The van der Waals surface area contributed by atoms with Gasteiger partial charge >= 0.3 is 0 Å². The van der Waals surface area contributed by atoms with Crippen LogP contribution < -0.4 is 4.74 Å². The van der Waals surface area contributed by atoms with E-state index in [0.717, 1.165) is 13.0 Å². The molecule has 0 spiro atoms. The van der Waals surface area contributed by atoms with Crippen molar-refractivity contribution < 1.29 is 13.9 Å². The van der Waals surface area contributed by atoms with E-state index in [9.17, 15) is 4.39 Å². The van der Waals surface area contributed by atoms with Crippen LogP contribution in [0, 0.1) is 5.82 Å². The van der Waals surface area contributed by atoms with E-state index >= 15 is 0 Å². The number of ether oxygens (including phenoxy) is 2. The summed E-state index contributed by atoms with van der Waals surface area (Å²) in [7, 11) is 0. The van der Waals surface area contributed by atoms with Crippen molar-refractivity contribution >= 4 is 15.9 Å². The maximum atomic E-state index is 13.0. The Morgan fingerprint density at radius 2 is 2.29 bits per heavy atom. The van der Waals surface area contributed by atoms with Crippen molar-refractivity contribution in [2.45, 2.75) is 12.5 Å². The van der Waals surface area contributed by atoms with E-state index in [-0.39, 0.29) is 11.9 Å². The molecule has 0 radical (unpaired) electrons. The second kappa shape index (κ2) is 4.28. The van der Waals surface area contributed by atoms with Gasteiger partial charge in [-0.1, -0.05) is 15.9 Å². The molecule has 0 aromatic heterocycles. The smallest absolute Gasteiger partial charge is 0.128 e. The molecule has 0 aliphatic carbocycles. The van der Waals surface area contributed by atoms with Crippen LogP contribution in [-0.2, 0) is 4.74 Å². The molecule has 1 aromatic rings. The van der Waals surface area contributed by atoms with Gasteiger partial charge in [0.05, 0.1) is 13.2 Å². The average molecular weight is 261 g/mol. The third-order valence-corrected chi connectivity index (χ3v) is 2.48. The number of hydrogen-bond acceptors (Lipinski definition) is 2. The van der Waals surface area contributed by atoms with Crippen LogP contribution in [-0.4, -0.2) is 19.3 Å². The summed E-state index contributed by atoms with van der Waals surface area (Å²) in [4.78, 5) is 0. The van der Waals surface area contributed by atoms with Gasteiger partial charge in [-0.25, -0.2) is 4.39 Å². The van der Waals surface area contributed by atoms with Gasteiger partial charge in [-0.3, -0.25) is 0 Å². The summed E-state index contributed by atoms with van der Waals surface area (Å²) in [6, 6.07) is 4.53. The molecule has 0 bridgehead atoms. The van der Waals surface area contributed by atoms with Gasteiger partial charge in [-0.05, 0) is 12.1 Å². The lowest BCUT2D eigenvalue weighted by molar-refractivity contribution is 0.141. The predicted octanol–water partition coefficient (Wildman–Crippen LogP) is 2.76. The largest absolute Gasteiger partial charge is 0.488 e. The van der Waals surface area contributed by atoms with Crippen molar-refractivity contribution in [1.82, 2.24) is 0 Å². The van der Waals surface area contributed by atoms with Gasteiger partial charge in [0.1, 0.15) is 17.7 Å². The number of hydrogen-bond donors (Lipinski definition) is 0. The minimum Gasteiger partial charge on any atom is -0.488 e. The second-order valence-corrected chi connectivity index (χ2v) is 4.12. The molecule has 1 fully saturated rings. The molecule has 2 rings (SSSR count). The summed E-state index contributed by atoms with van der Waals surface area (Å²) in [6.45, 7) is 1.31. The molecule has 1 heterocycles. The first-order valence-corrected chi connectivity index (χ1v) is 5.24. The Kier molecular flexibility index (Phi) is 3.03. The van der Waals surface area contributed by atoms with Gasteiger partial charge in [-0.15, -0.1) is 0 Å². The fourth-order valence-electron chi connectivity index (χ4n) is 1.39. The molecule has 1 aromatic carbocycles.